The van der Waals surface area contributed by atoms with Gasteiger partial charge in [0.25, 0.3) is 0 Å². The van der Waals surface area contributed by atoms with Gasteiger partial charge in [0, 0.05) is 24.0 Å². The zero-order chi connectivity index (χ0) is 16.1. The Kier molecular flexibility index (Phi) is 4.47. The monoisotopic (exact) mass is 308 g/mol. The van der Waals surface area contributed by atoms with E-state index in [4.69, 9.17) is 0 Å². The van der Waals surface area contributed by atoms with Crippen LogP contribution in [0.15, 0.2) is 60.8 Å². The van der Waals surface area contributed by atoms with Gasteiger partial charge in [-0.1, -0.05) is 35.9 Å². The largest absolute Gasteiger partial charge is 0.366 e. The summed E-state index contributed by atoms with van der Waals surface area (Å²) < 4.78 is 13.6. The third-order valence-electron chi connectivity index (χ3n) is 3.38. The lowest BCUT2D eigenvalue weighted by Gasteiger charge is -2.09. The Morgan fingerprint density at radius 1 is 1.00 bits per heavy atom. The van der Waals surface area contributed by atoms with E-state index in [2.05, 4.69) is 20.6 Å². The Bertz CT molecular complexity index is 787. The van der Waals surface area contributed by atoms with Crippen molar-refractivity contribution in [1.29, 1.82) is 0 Å². The molecular weight excluding hydrogens is 291 g/mol. The molecule has 2 aromatic carbocycles. The molecule has 0 amide bonds. The van der Waals surface area contributed by atoms with E-state index in [1.165, 1.54) is 11.6 Å². The number of hydrogen-bond donors (Lipinski definition) is 2. The summed E-state index contributed by atoms with van der Waals surface area (Å²) in [5.74, 6) is 0.900. The van der Waals surface area contributed by atoms with Gasteiger partial charge in [0.15, 0.2) is 0 Å². The van der Waals surface area contributed by atoms with Gasteiger partial charge in [0.05, 0.1) is 0 Å². The number of halogens is 1. The molecule has 0 saturated heterocycles. The molecule has 0 atom stereocenters. The van der Waals surface area contributed by atoms with Crippen molar-refractivity contribution in [1.82, 2.24) is 9.97 Å². The predicted octanol–water partition coefficient (Wildman–Crippen LogP) is 4.28. The van der Waals surface area contributed by atoms with Gasteiger partial charge >= 0.3 is 0 Å². The number of rotatable bonds is 5. The van der Waals surface area contributed by atoms with Crippen molar-refractivity contribution in [3.63, 3.8) is 0 Å². The molecule has 0 aliphatic heterocycles. The molecule has 0 bridgehead atoms. The van der Waals surface area contributed by atoms with Crippen molar-refractivity contribution in [3.05, 3.63) is 77.7 Å². The molecule has 116 valence electrons. The second-order valence-electron chi connectivity index (χ2n) is 5.20. The van der Waals surface area contributed by atoms with Crippen LogP contribution in [0.5, 0.6) is 0 Å². The molecule has 1 aromatic heterocycles. The van der Waals surface area contributed by atoms with Crippen LogP contribution in [-0.4, -0.2) is 9.97 Å². The number of nitrogens with one attached hydrogen (secondary N) is 2. The summed E-state index contributed by atoms with van der Waals surface area (Å²) in [6.45, 7) is 2.40. The number of nitrogens with zero attached hydrogens (tertiary/aromatic N) is 2. The Morgan fingerprint density at radius 3 is 2.57 bits per heavy atom. The van der Waals surface area contributed by atoms with Gasteiger partial charge in [-0.15, -0.1) is 0 Å². The van der Waals surface area contributed by atoms with E-state index < -0.39 is 0 Å². The van der Waals surface area contributed by atoms with Crippen molar-refractivity contribution in [2.24, 2.45) is 0 Å². The summed E-state index contributed by atoms with van der Waals surface area (Å²) in [4.78, 5) is 8.57. The fourth-order valence-electron chi connectivity index (χ4n) is 2.11. The zero-order valence-electron chi connectivity index (χ0n) is 12.8. The van der Waals surface area contributed by atoms with Gasteiger partial charge in [-0.25, -0.2) is 9.37 Å². The van der Waals surface area contributed by atoms with Crippen LogP contribution in [0.25, 0.3) is 0 Å². The highest BCUT2D eigenvalue weighted by Crippen LogP contribution is 2.15. The minimum absolute atomic E-state index is 0.230. The normalized spacial score (nSPS) is 10.3. The molecule has 0 radical (unpaired) electrons. The van der Waals surface area contributed by atoms with Crippen molar-refractivity contribution in [2.75, 3.05) is 10.6 Å². The Balaban J connectivity index is 1.67. The number of aromatic nitrogens is 2. The Labute approximate surface area is 134 Å². The van der Waals surface area contributed by atoms with Gasteiger partial charge in [0.2, 0.25) is 5.95 Å². The van der Waals surface area contributed by atoms with E-state index in [0.717, 1.165) is 5.69 Å². The first-order valence-corrected chi connectivity index (χ1v) is 7.35. The highest BCUT2D eigenvalue weighted by atomic mass is 19.1. The average Bonchev–Trinajstić information content (AvgIpc) is 2.57. The first kappa shape index (κ1) is 15.0. The molecule has 0 saturated carbocycles. The molecule has 0 spiro atoms. The second-order valence-corrected chi connectivity index (χ2v) is 5.20. The maximum atomic E-state index is 13.6. The minimum atomic E-state index is -0.230. The van der Waals surface area contributed by atoms with E-state index in [0.29, 0.717) is 23.9 Å². The summed E-state index contributed by atoms with van der Waals surface area (Å²) in [5, 5.41) is 6.25. The molecule has 3 rings (SSSR count). The smallest absolute Gasteiger partial charge is 0.229 e. The lowest BCUT2D eigenvalue weighted by molar-refractivity contribution is 0.613. The third kappa shape index (κ3) is 4.03. The van der Waals surface area contributed by atoms with E-state index in [1.54, 1.807) is 24.4 Å². The van der Waals surface area contributed by atoms with E-state index in [-0.39, 0.29) is 5.82 Å². The third-order valence-corrected chi connectivity index (χ3v) is 3.38. The van der Waals surface area contributed by atoms with E-state index in [1.807, 2.05) is 37.3 Å². The summed E-state index contributed by atoms with van der Waals surface area (Å²) in [6.07, 6.45) is 1.66. The van der Waals surface area contributed by atoms with Crippen LogP contribution >= 0.6 is 0 Å². The van der Waals surface area contributed by atoms with Crippen LogP contribution < -0.4 is 10.6 Å². The van der Waals surface area contributed by atoms with Crippen LogP contribution in [0.1, 0.15) is 11.1 Å². The molecule has 3 aromatic rings. The maximum absolute atomic E-state index is 13.6. The number of anilines is 3. The molecule has 4 nitrogen and oxygen atoms in total. The maximum Gasteiger partial charge on any atom is 0.229 e. The van der Waals surface area contributed by atoms with Gasteiger partial charge in [-0.05, 0) is 31.2 Å². The number of benzene rings is 2. The van der Waals surface area contributed by atoms with Crippen molar-refractivity contribution in [2.45, 2.75) is 13.5 Å². The molecule has 23 heavy (non-hydrogen) atoms. The molecule has 5 heteroatoms. The fourth-order valence-corrected chi connectivity index (χ4v) is 2.11. The van der Waals surface area contributed by atoms with Crippen LogP contribution in [0.3, 0.4) is 0 Å². The van der Waals surface area contributed by atoms with Crippen molar-refractivity contribution < 1.29 is 4.39 Å². The molecule has 0 fully saturated rings. The zero-order valence-corrected chi connectivity index (χ0v) is 12.8. The van der Waals surface area contributed by atoms with Crippen LogP contribution in [0, 0.1) is 12.7 Å². The topological polar surface area (TPSA) is 49.8 Å². The average molecular weight is 308 g/mol. The SMILES string of the molecule is Cc1ccc(Nc2nccc(NCc3ccccc3F)n2)cc1. The Morgan fingerprint density at radius 2 is 1.78 bits per heavy atom. The number of aryl methyl sites for hydroxylation is 1. The lowest BCUT2D eigenvalue weighted by atomic mass is 10.2. The molecular formula is C18H17FN4. The van der Waals surface area contributed by atoms with E-state index >= 15 is 0 Å². The summed E-state index contributed by atoms with van der Waals surface area (Å²) in [7, 11) is 0. The quantitative estimate of drug-likeness (QED) is 0.738. The summed E-state index contributed by atoms with van der Waals surface area (Å²) in [5.41, 5.74) is 2.71. The standard InChI is InChI=1S/C18H17FN4/c1-13-6-8-15(9-7-13)22-18-20-11-10-17(23-18)21-12-14-4-2-3-5-16(14)19/h2-11H,12H2,1H3,(H2,20,21,22,23). The van der Waals surface area contributed by atoms with Crippen LogP contribution in [-0.2, 0) is 6.54 Å². The molecule has 0 aliphatic rings. The second kappa shape index (κ2) is 6.87. The summed E-state index contributed by atoms with van der Waals surface area (Å²) in [6, 6.07) is 16.4. The fraction of sp³-hybridized carbons (Fsp3) is 0.111. The lowest BCUT2D eigenvalue weighted by Crippen LogP contribution is -2.05. The molecule has 0 aliphatic carbocycles. The highest BCUT2D eigenvalue weighted by molar-refractivity contribution is 5.55. The minimum Gasteiger partial charge on any atom is -0.366 e. The number of hydrogen-bond acceptors (Lipinski definition) is 4. The van der Waals surface area contributed by atoms with E-state index in [9.17, 15) is 4.39 Å². The van der Waals surface area contributed by atoms with Gasteiger partial charge in [0.1, 0.15) is 11.6 Å². The molecule has 1 heterocycles. The van der Waals surface area contributed by atoms with Crippen molar-refractivity contribution in [3.8, 4) is 0 Å². The Hall–Kier alpha value is -2.95. The van der Waals surface area contributed by atoms with Crippen LogP contribution in [0.2, 0.25) is 0 Å². The van der Waals surface area contributed by atoms with Crippen molar-refractivity contribution >= 4 is 17.5 Å². The van der Waals surface area contributed by atoms with Gasteiger partial charge in [-0.2, -0.15) is 4.98 Å². The predicted molar refractivity (Wildman–Crippen MR) is 90.2 cm³/mol. The van der Waals surface area contributed by atoms with Gasteiger partial charge in [-0.3, -0.25) is 0 Å². The molecule has 0 unspecified atom stereocenters. The first-order valence-electron chi connectivity index (χ1n) is 7.35. The molecule has 2 N–H and O–H groups in total. The van der Waals surface area contributed by atoms with Crippen LogP contribution in [0.4, 0.5) is 21.8 Å². The van der Waals surface area contributed by atoms with Gasteiger partial charge < -0.3 is 10.6 Å². The summed E-state index contributed by atoms with van der Waals surface area (Å²) >= 11 is 0. The first-order chi connectivity index (χ1) is 11.2. The highest BCUT2D eigenvalue weighted by Gasteiger charge is 2.03.